The molecule has 3 rings (SSSR count). The molecular weight excluding hydrogens is 444 g/mol. The van der Waals surface area contributed by atoms with E-state index < -0.39 is 30.3 Å². The van der Waals surface area contributed by atoms with Crippen LogP contribution in [-0.2, 0) is 14.3 Å². The Labute approximate surface area is 180 Å². The number of nitrogens with one attached hydrogen (secondary N) is 1. The number of aromatic nitrogens is 3. The molecule has 1 heterocycles. The van der Waals surface area contributed by atoms with Crippen molar-refractivity contribution in [1.82, 2.24) is 20.1 Å². The first-order valence-electron chi connectivity index (χ1n) is 9.29. The van der Waals surface area contributed by atoms with Gasteiger partial charge in [0.15, 0.2) is 5.82 Å². The topological polar surface area (TPSA) is 78.3 Å². The second-order valence-corrected chi connectivity index (χ2v) is 7.31. The summed E-state index contributed by atoms with van der Waals surface area (Å²) in [5, 5.41) is 6.85. The summed E-state index contributed by atoms with van der Waals surface area (Å²) in [5.41, 5.74) is 0.998. The van der Waals surface area contributed by atoms with Crippen LogP contribution in [0.3, 0.4) is 0 Å². The van der Waals surface area contributed by atoms with Crippen molar-refractivity contribution in [3.05, 3.63) is 47.8 Å². The first kappa shape index (κ1) is 23.2. The van der Waals surface area contributed by atoms with Crippen LogP contribution in [0.4, 0.5) is 17.6 Å². The summed E-state index contributed by atoms with van der Waals surface area (Å²) in [4.78, 5) is 15.9. The minimum atomic E-state index is -4.66. The van der Waals surface area contributed by atoms with Gasteiger partial charge in [0.05, 0.1) is 22.9 Å². The number of carbonyl (C=O) groups excluding carboxylic acids is 1. The van der Waals surface area contributed by atoms with Crippen molar-refractivity contribution in [1.29, 1.82) is 0 Å². The maximum Gasteiger partial charge on any atom is 0.522 e. The van der Waals surface area contributed by atoms with Gasteiger partial charge in [-0.25, -0.2) is 14.1 Å². The lowest BCUT2D eigenvalue weighted by molar-refractivity contribution is -0.357. The largest absolute Gasteiger partial charge is 0.522 e. The Bertz CT molecular complexity index is 944. The van der Waals surface area contributed by atoms with Gasteiger partial charge in [-0.05, 0) is 24.1 Å². The van der Waals surface area contributed by atoms with Crippen molar-refractivity contribution in [3.63, 3.8) is 0 Å². The summed E-state index contributed by atoms with van der Waals surface area (Å²) in [6, 6.07) is 4.23. The van der Waals surface area contributed by atoms with E-state index in [2.05, 4.69) is 26.7 Å². The zero-order valence-electron chi connectivity index (χ0n) is 16.2. The second-order valence-electron chi connectivity index (χ2n) is 6.90. The van der Waals surface area contributed by atoms with Crippen molar-refractivity contribution >= 4 is 23.1 Å². The van der Waals surface area contributed by atoms with Gasteiger partial charge in [0.1, 0.15) is 18.8 Å². The third-order valence-corrected chi connectivity index (χ3v) is 4.83. The molecule has 0 unspecified atom stereocenters. The van der Waals surface area contributed by atoms with Crippen LogP contribution >= 0.6 is 11.6 Å². The zero-order chi connectivity index (χ0) is 22.6. The summed E-state index contributed by atoms with van der Waals surface area (Å²) in [6.07, 6.45) is -4.07. The Morgan fingerprint density at radius 1 is 1.32 bits per heavy atom. The predicted molar refractivity (Wildman–Crippen MR) is 103 cm³/mol. The van der Waals surface area contributed by atoms with E-state index in [1.54, 1.807) is 6.07 Å². The Balaban J connectivity index is 1.35. The summed E-state index contributed by atoms with van der Waals surface area (Å²) in [7, 11) is 0. The third kappa shape index (κ3) is 6.74. The van der Waals surface area contributed by atoms with Gasteiger partial charge < -0.3 is 10.1 Å². The molecule has 1 amide bonds. The standard InChI is InChI=1S/C19H19ClF4N4O3/c1-11(18-26-10-28(27-18)12-2-3-15(20)16(21)6-12)4-5-25-17(29)9-30-13-7-14(8-13)31-19(22,23)24/h2-3,6,10,13-14H,1,4-5,7-9H2,(H,25,29). The highest BCUT2D eigenvalue weighted by molar-refractivity contribution is 6.30. The lowest BCUT2D eigenvalue weighted by Gasteiger charge is -2.34. The van der Waals surface area contributed by atoms with Gasteiger partial charge in [0, 0.05) is 25.5 Å². The number of rotatable bonds is 9. The molecular formula is C19H19ClF4N4O3. The first-order valence-corrected chi connectivity index (χ1v) is 9.66. The van der Waals surface area contributed by atoms with Crippen LogP contribution in [0.1, 0.15) is 25.1 Å². The number of benzene rings is 1. The molecule has 12 heteroatoms. The van der Waals surface area contributed by atoms with Crippen LogP contribution in [0.5, 0.6) is 0 Å². The smallest absolute Gasteiger partial charge is 0.368 e. The van der Waals surface area contributed by atoms with Crippen LogP contribution in [0, 0.1) is 5.82 Å². The van der Waals surface area contributed by atoms with Gasteiger partial charge in [-0.2, -0.15) is 0 Å². The molecule has 1 aromatic heterocycles. The summed E-state index contributed by atoms with van der Waals surface area (Å²) in [6.45, 7) is 3.86. The van der Waals surface area contributed by atoms with Gasteiger partial charge in [0.2, 0.25) is 5.91 Å². The van der Waals surface area contributed by atoms with E-state index in [0.29, 0.717) is 23.5 Å². The van der Waals surface area contributed by atoms with Crippen LogP contribution in [-0.4, -0.2) is 52.4 Å². The van der Waals surface area contributed by atoms with Crippen LogP contribution < -0.4 is 5.32 Å². The van der Waals surface area contributed by atoms with Crippen LogP contribution in [0.2, 0.25) is 5.02 Å². The van der Waals surface area contributed by atoms with Crippen LogP contribution in [0.15, 0.2) is 31.1 Å². The van der Waals surface area contributed by atoms with E-state index in [1.807, 2.05) is 0 Å². The summed E-state index contributed by atoms with van der Waals surface area (Å²) in [5.74, 6) is -0.639. The highest BCUT2D eigenvalue weighted by Gasteiger charge is 2.40. The molecule has 168 valence electrons. The van der Waals surface area contributed by atoms with Crippen LogP contribution in [0.25, 0.3) is 11.3 Å². The van der Waals surface area contributed by atoms with Crippen molar-refractivity contribution in [2.45, 2.75) is 37.8 Å². The Morgan fingerprint density at radius 2 is 2.06 bits per heavy atom. The van der Waals surface area contributed by atoms with Crippen molar-refractivity contribution in [3.8, 4) is 5.69 Å². The van der Waals surface area contributed by atoms with Crippen molar-refractivity contribution < 1.29 is 31.8 Å². The molecule has 1 fully saturated rings. The first-order chi connectivity index (χ1) is 14.6. The predicted octanol–water partition coefficient (Wildman–Crippen LogP) is 3.66. The number of ether oxygens (including phenoxy) is 2. The molecule has 0 radical (unpaired) electrons. The zero-order valence-corrected chi connectivity index (χ0v) is 16.9. The number of nitrogens with zero attached hydrogens (tertiary/aromatic N) is 3. The van der Waals surface area contributed by atoms with Gasteiger partial charge >= 0.3 is 6.36 Å². The number of halogens is 5. The molecule has 0 saturated heterocycles. The number of alkyl halides is 3. The van der Waals surface area contributed by atoms with E-state index in [1.165, 1.54) is 23.1 Å². The lowest BCUT2D eigenvalue weighted by Crippen LogP contribution is -2.42. The molecule has 1 aliphatic rings. The molecule has 0 spiro atoms. The summed E-state index contributed by atoms with van der Waals surface area (Å²) >= 11 is 5.66. The lowest BCUT2D eigenvalue weighted by atomic mass is 9.92. The van der Waals surface area contributed by atoms with E-state index in [9.17, 15) is 22.4 Å². The van der Waals surface area contributed by atoms with Gasteiger partial charge in [-0.15, -0.1) is 18.3 Å². The maximum absolute atomic E-state index is 13.6. The molecule has 0 bridgehead atoms. The minimum absolute atomic E-state index is 0.0000127. The fraction of sp³-hybridized carbons (Fsp3) is 0.421. The molecule has 0 aliphatic heterocycles. The Morgan fingerprint density at radius 3 is 2.74 bits per heavy atom. The monoisotopic (exact) mass is 462 g/mol. The molecule has 0 atom stereocenters. The number of amides is 1. The number of hydrogen-bond acceptors (Lipinski definition) is 5. The molecule has 1 aliphatic carbocycles. The Hall–Kier alpha value is -2.50. The molecule has 1 saturated carbocycles. The normalized spacial score (nSPS) is 18.5. The molecule has 1 N–H and O–H groups in total. The molecule has 1 aromatic carbocycles. The number of hydrogen-bond donors (Lipinski definition) is 1. The van der Waals surface area contributed by atoms with E-state index in [4.69, 9.17) is 16.3 Å². The van der Waals surface area contributed by atoms with E-state index in [-0.39, 0.29) is 31.0 Å². The van der Waals surface area contributed by atoms with Gasteiger partial charge in [-0.1, -0.05) is 18.2 Å². The van der Waals surface area contributed by atoms with Gasteiger partial charge in [-0.3, -0.25) is 9.53 Å². The maximum atomic E-state index is 13.6. The van der Waals surface area contributed by atoms with E-state index in [0.717, 1.165) is 0 Å². The fourth-order valence-corrected chi connectivity index (χ4v) is 2.94. The third-order valence-electron chi connectivity index (χ3n) is 4.53. The average molecular weight is 463 g/mol. The number of carbonyl (C=O) groups is 1. The quantitative estimate of drug-likeness (QED) is 0.575. The second kappa shape index (κ2) is 9.75. The highest BCUT2D eigenvalue weighted by Crippen LogP contribution is 2.32. The van der Waals surface area contributed by atoms with Gasteiger partial charge in [0.25, 0.3) is 0 Å². The summed E-state index contributed by atoms with van der Waals surface area (Å²) < 4.78 is 60.2. The van der Waals surface area contributed by atoms with Crippen molar-refractivity contribution in [2.75, 3.05) is 13.2 Å². The SMILES string of the molecule is C=C(CCNC(=O)COC1CC(OC(F)(F)F)C1)c1ncn(-c2ccc(Cl)c(F)c2)n1. The Kier molecular flexibility index (Phi) is 7.29. The fourth-order valence-electron chi connectivity index (χ4n) is 2.82. The van der Waals surface area contributed by atoms with E-state index >= 15 is 0 Å². The molecule has 7 nitrogen and oxygen atoms in total. The molecule has 2 aromatic rings. The average Bonchev–Trinajstić information content (AvgIpc) is 3.15. The highest BCUT2D eigenvalue weighted by atomic mass is 35.5. The van der Waals surface area contributed by atoms with Crippen molar-refractivity contribution in [2.24, 2.45) is 0 Å². The minimum Gasteiger partial charge on any atom is -0.368 e. The molecule has 31 heavy (non-hydrogen) atoms.